The summed E-state index contributed by atoms with van der Waals surface area (Å²) in [7, 11) is 0. The summed E-state index contributed by atoms with van der Waals surface area (Å²) in [6, 6.07) is 6.97. The number of carbonyl (C=O) groups is 1. The lowest BCUT2D eigenvalue weighted by Crippen LogP contribution is -2.41. The number of amides is 1. The third-order valence-electron chi connectivity index (χ3n) is 3.74. The zero-order valence-electron chi connectivity index (χ0n) is 13.0. The molecule has 116 valence electrons. The molecule has 1 aliphatic carbocycles. The summed E-state index contributed by atoms with van der Waals surface area (Å²) in [5, 5.41) is 2.91. The fraction of sp³-hybridized carbons (Fsp3) is 0.588. The van der Waals surface area contributed by atoms with Gasteiger partial charge in [0.1, 0.15) is 11.4 Å². The molecule has 1 aromatic rings. The predicted molar refractivity (Wildman–Crippen MR) is 80.8 cm³/mol. The topological polar surface area (TPSA) is 38.3 Å². The second-order valence-electron chi connectivity index (χ2n) is 6.73. The van der Waals surface area contributed by atoms with Gasteiger partial charge in [0.2, 0.25) is 0 Å². The molecule has 0 radical (unpaired) electrons. The van der Waals surface area contributed by atoms with Crippen LogP contribution in [0.5, 0.6) is 0 Å². The van der Waals surface area contributed by atoms with Crippen molar-refractivity contribution in [2.24, 2.45) is 0 Å². The fourth-order valence-corrected chi connectivity index (χ4v) is 2.88. The zero-order chi connectivity index (χ0) is 15.5. The molecule has 2 atom stereocenters. The van der Waals surface area contributed by atoms with Crippen molar-refractivity contribution in [2.75, 3.05) is 0 Å². The van der Waals surface area contributed by atoms with Gasteiger partial charge in [0.05, 0.1) is 0 Å². The Morgan fingerprint density at radius 1 is 1.29 bits per heavy atom. The van der Waals surface area contributed by atoms with Gasteiger partial charge in [-0.3, -0.25) is 0 Å². The van der Waals surface area contributed by atoms with Crippen molar-refractivity contribution >= 4 is 6.09 Å². The largest absolute Gasteiger partial charge is 0.444 e. The minimum atomic E-state index is -0.496. The molecule has 2 unspecified atom stereocenters. The lowest BCUT2D eigenvalue weighted by molar-refractivity contribution is 0.0490. The molecule has 1 aromatic carbocycles. The summed E-state index contributed by atoms with van der Waals surface area (Å²) in [4.78, 5) is 11.8. The van der Waals surface area contributed by atoms with Gasteiger partial charge in [-0.15, -0.1) is 0 Å². The third kappa shape index (κ3) is 4.73. The number of carbonyl (C=O) groups excluding carboxylic acids is 1. The molecule has 2 rings (SSSR count). The number of ether oxygens (including phenoxy) is 1. The molecule has 1 fully saturated rings. The SMILES string of the molecule is CC(C)(C)OC(=O)NC1CCCC(c2ccccc2F)C1. The van der Waals surface area contributed by atoms with Crippen molar-refractivity contribution in [3.63, 3.8) is 0 Å². The van der Waals surface area contributed by atoms with Crippen molar-refractivity contribution in [1.82, 2.24) is 5.32 Å². The summed E-state index contributed by atoms with van der Waals surface area (Å²) in [6.07, 6.45) is 3.25. The van der Waals surface area contributed by atoms with Crippen LogP contribution >= 0.6 is 0 Å². The highest BCUT2D eigenvalue weighted by Crippen LogP contribution is 2.34. The summed E-state index contributed by atoms with van der Waals surface area (Å²) in [6.45, 7) is 5.53. The maximum Gasteiger partial charge on any atom is 0.407 e. The van der Waals surface area contributed by atoms with E-state index in [2.05, 4.69) is 5.32 Å². The van der Waals surface area contributed by atoms with Crippen LogP contribution in [0.2, 0.25) is 0 Å². The molecule has 4 heteroatoms. The van der Waals surface area contributed by atoms with Crippen LogP contribution in [0.1, 0.15) is 57.9 Å². The van der Waals surface area contributed by atoms with Crippen molar-refractivity contribution in [3.8, 4) is 0 Å². The van der Waals surface area contributed by atoms with E-state index in [-0.39, 0.29) is 23.9 Å². The number of alkyl carbamates (subject to hydrolysis) is 1. The van der Waals surface area contributed by atoms with E-state index in [1.807, 2.05) is 32.9 Å². The van der Waals surface area contributed by atoms with E-state index >= 15 is 0 Å². The first-order valence-electron chi connectivity index (χ1n) is 7.59. The Balaban J connectivity index is 1.95. The van der Waals surface area contributed by atoms with E-state index < -0.39 is 5.60 Å². The lowest BCUT2D eigenvalue weighted by Gasteiger charge is -2.31. The molecule has 21 heavy (non-hydrogen) atoms. The van der Waals surface area contributed by atoms with E-state index in [1.165, 1.54) is 6.07 Å². The summed E-state index contributed by atoms with van der Waals surface area (Å²) in [5.41, 5.74) is 0.261. The van der Waals surface area contributed by atoms with Gasteiger partial charge >= 0.3 is 6.09 Å². The molecular formula is C17H24FNO2. The van der Waals surface area contributed by atoms with Crippen LogP contribution in [-0.2, 0) is 4.74 Å². The van der Waals surface area contributed by atoms with Gasteiger partial charge in [-0.2, -0.15) is 0 Å². The number of rotatable bonds is 2. The third-order valence-corrected chi connectivity index (χ3v) is 3.74. The fourth-order valence-electron chi connectivity index (χ4n) is 2.88. The normalized spacial score (nSPS) is 22.7. The minimum Gasteiger partial charge on any atom is -0.444 e. The van der Waals surface area contributed by atoms with Gasteiger partial charge in [-0.05, 0) is 57.6 Å². The second kappa shape index (κ2) is 6.46. The molecule has 0 spiro atoms. The smallest absolute Gasteiger partial charge is 0.407 e. The molecule has 1 N–H and O–H groups in total. The number of hydrogen-bond acceptors (Lipinski definition) is 2. The van der Waals surface area contributed by atoms with E-state index in [0.29, 0.717) is 0 Å². The first-order chi connectivity index (χ1) is 9.85. The van der Waals surface area contributed by atoms with Crippen LogP contribution < -0.4 is 5.32 Å². The Morgan fingerprint density at radius 2 is 2.00 bits per heavy atom. The maximum absolute atomic E-state index is 13.9. The van der Waals surface area contributed by atoms with Gasteiger partial charge in [0.15, 0.2) is 0 Å². The molecule has 1 amide bonds. The van der Waals surface area contributed by atoms with Gasteiger partial charge in [-0.25, -0.2) is 9.18 Å². The van der Waals surface area contributed by atoms with Crippen molar-refractivity contribution in [1.29, 1.82) is 0 Å². The van der Waals surface area contributed by atoms with Gasteiger partial charge < -0.3 is 10.1 Å². The van der Waals surface area contributed by atoms with Crippen LogP contribution in [0.4, 0.5) is 9.18 Å². The summed E-state index contributed by atoms with van der Waals surface area (Å²) in [5.74, 6) is 0.0142. The van der Waals surface area contributed by atoms with Crippen LogP contribution in [0.3, 0.4) is 0 Å². The highest BCUT2D eigenvalue weighted by Gasteiger charge is 2.27. The first kappa shape index (κ1) is 15.8. The van der Waals surface area contributed by atoms with Crippen molar-refractivity contribution in [3.05, 3.63) is 35.6 Å². The summed E-state index contributed by atoms with van der Waals surface area (Å²) >= 11 is 0. The average Bonchev–Trinajstić information content (AvgIpc) is 2.37. The number of hydrogen-bond donors (Lipinski definition) is 1. The van der Waals surface area contributed by atoms with Gasteiger partial charge in [0.25, 0.3) is 0 Å². The van der Waals surface area contributed by atoms with Crippen LogP contribution in [0, 0.1) is 5.82 Å². The molecule has 0 heterocycles. The molecule has 0 bridgehead atoms. The Kier molecular flexibility index (Phi) is 4.86. The Bertz CT molecular complexity index is 496. The molecule has 0 aliphatic heterocycles. The highest BCUT2D eigenvalue weighted by molar-refractivity contribution is 5.68. The number of benzene rings is 1. The monoisotopic (exact) mass is 293 g/mol. The quantitative estimate of drug-likeness (QED) is 0.879. The molecule has 1 saturated carbocycles. The lowest BCUT2D eigenvalue weighted by atomic mass is 9.81. The zero-order valence-corrected chi connectivity index (χ0v) is 13.0. The van der Waals surface area contributed by atoms with Gasteiger partial charge in [-0.1, -0.05) is 24.6 Å². The number of halogens is 1. The molecular weight excluding hydrogens is 269 g/mol. The van der Waals surface area contributed by atoms with Gasteiger partial charge in [0, 0.05) is 6.04 Å². The first-order valence-corrected chi connectivity index (χ1v) is 7.59. The van der Waals surface area contributed by atoms with Crippen molar-refractivity contribution < 1.29 is 13.9 Å². The molecule has 3 nitrogen and oxygen atoms in total. The van der Waals surface area contributed by atoms with Crippen molar-refractivity contribution in [2.45, 2.75) is 64.0 Å². The molecule has 0 saturated heterocycles. The van der Waals surface area contributed by atoms with Crippen LogP contribution in [-0.4, -0.2) is 17.7 Å². The van der Waals surface area contributed by atoms with E-state index in [1.54, 1.807) is 6.07 Å². The van der Waals surface area contributed by atoms with E-state index in [4.69, 9.17) is 4.74 Å². The average molecular weight is 293 g/mol. The Labute approximate surface area is 125 Å². The second-order valence-corrected chi connectivity index (χ2v) is 6.73. The van der Waals surface area contributed by atoms with Crippen LogP contribution in [0.15, 0.2) is 24.3 Å². The predicted octanol–water partition coefficient (Wildman–Crippen LogP) is 4.38. The van der Waals surface area contributed by atoms with Crippen LogP contribution in [0.25, 0.3) is 0 Å². The Hall–Kier alpha value is -1.58. The molecule has 1 aliphatic rings. The number of nitrogens with one attached hydrogen (secondary N) is 1. The minimum absolute atomic E-state index is 0.0539. The maximum atomic E-state index is 13.9. The van der Waals surface area contributed by atoms with E-state index in [0.717, 1.165) is 31.2 Å². The Morgan fingerprint density at radius 3 is 2.67 bits per heavy atom. The highest BCUT2D eigenvalue weighted by atomic mass is 19.1. The molecule has 0 aromatic heterocycles. The van der Waals surface area contributed by atoms with E-state index in [9.17, 15) is 9.18 Å². The summed E-state index contributed by atoms with van der Waals surface area (Å²) < 4.78 is 19.2. The standard InChI is InChI=1S/C17H24FNO2/c1-17(2,3)21-16(20)19-13-8-6-7-12(11-13)14-9-4-5-10-15(14)18/h4-5,9-10,12-13H,6-8,11H2,1-3H3,(H,19,20).